The molecule has 3 N–H and O–H groups in total. The van der Waals surface area contributed by atoms with E-state index in [-0.39, 0.29) is 5.91 Å². The number of hydrogen-bond donors (Lipinski definition) is 2. The summed E-state index contributed by atoms with van der Waals surface area (Å²) in [6.45, 7) is 0. The predicted octanol–water partition coefficient (Wildman–Crippen LogP) is 3.78. The van der Waals surface area contributed by atoms with Crippen molar-refractivity contribution in [3.8, 4) is 0 Å². The van der Waals surface area contributed by atoms with Crippen LogP contribution in [0.2, 0.25) is 5.02 Å². The molecular formula is C13H10ClIN2O. The van der Waals surface area contributed by atoms with Gasteiger partial charge in [0.25, 0.3) is 5.91 Å². The number of carbonyl (C=O) groups is 1. The van der Waals surface area contributed by atoms with Gasteiger partial charge in [-0.2, -0.15) is 0 Å². The first-order valence-electron chi connectivity index (χ1n) is 5.19. The van der Waals surface area contributed by atoms with Crippen molar-refractivity contribution in [1.82, 2.24) is 0 Å². The Morgan fingerprint density at radius 2 is 1.94 bits per heavy atom. The van der Waals surface area contributed by atoms with Crippen molar-refractivity contribution in [2.24, 2.45) is 0 Å². The van der Waals surface area contributed by atoms with E-state index in [0.717, 1.165) is 9.26 Å². The lowest BCUT2D eigenvalue weighted by Crippen LogP contribution is -2.14. The third-order valence-corrected chi connectivity index (χ3v) is 3.56. The summed E-state index contributed by atoms with van der Waals surface area (Å²) in [5.41, 5.74) is 7.31. The lowest BCUT2D eigenvalue weighted by Gasteiger charge is -2.09. The summed E-state index contributed by atoms with van der Waals surface area (Å²) in [6, 6.07) is 12.3. The highest BCUT2D eigenvalue weighted by molar-refractivity contribution is 14.1. The second-order valence-corrected chi connectivity index (χ2v) is 5.26. The molecule has 0 atom stereocenters. The van der Waals surface area contributed by atoms with E-state index in [4.69, 9.17) is 17.3 Å². The molecule has 0 bridgehead atoms. The van der Waals surface area contributed by atoms with Gasteiger partial charge in [0.2, 0.25) is 0 Å². The van der Waals surface area contributed by atoms with E-state index in [1.54, 1.807) is 18.2 Å². The largest absolute Gasteiger partial charge is 0.398 e. The van der Waals surface area contributed by atoms with Gasteiger partial charge in [0.05, 0.1) is 11.3 Å². The predicted molar refractivity (Wildman–Crippen MR) is 83.0 cm³/mol. The van der Waals surface area contributed by atoms with Gasteiger partial charge in [-0.25, -0.2) is 0 Å². The van der Waals surface area contributed by atoms with Gasteiger partial charge in [-0.1, -0.05) is 23.7 Å². The van der Waals surface area contributed by atoms with Crippen molar-refractivity contribution < 1.29 is 4.79 Å². The number of rotatable bonds is 2. The fraction of sp³-hybridized carbons (Fsp3) is 0. The molecule has 3 nitrogen and oxygen atoms in total. The van der Waals surface area contributed by atoms with Gasteiger partial charge in [-0.05, 0) is 52.9 Å². The number of para-hydroxylation sites is 1. The highest BCUT2D eigenvalue weighted by Crippen LogP contribution is 2.21. The highest BCUT2D eigenvalue weighted by Gasteiger charge is 2.11. The maximum atomic E-state index is 12.1. The zero-order chi connectivity index (χ0) is 13.1. The van der Waals surface area contributed by atoms with E-state index in [0.29, 0.717) is 16.3 Å². The standard InChI is InChI=1S/C13H10ClIN2O/c14-8-5-6-9(11(16)7-8)13(18)17-12-4-2-1-3-10(12)15/h1-7H,16H2,(H,17,18). The van der Waals surface area contributed by atoms with E-state index in [9.17, 15) is 4.79 Å². The van der Waals surface area contributed by atoms with Crippen LogP contribution in [-0.4, -0.2) is 5.91 Å². The lowest BCUT2D eigenvalue weighted by atomic mass is 10.1. The van der Waals surface area contributed by atoms with Crippen molar-refractivity contribution >= 4 is 51.5 Å². The van der Waals surface area contributed by atoms with Crippen LogP contribution in [0.3, 0.4) is 0 Å². The Kier molecular flexibility index (Phi) is 4.08. The first-order valence-corrected chi connectivity index (χ1v) is 6.64. The normalized spacial score (nSPS) is 10.1. The fourth-order valence-electron chi connectivity index (χ4n) is 1.49. The molecule has 0 saturated heterocycles. The molecule has 2 aromatic carbocycles. The number of amides is 1. The molecule has 0 heterocycles. The number of nitrogen functional groups attached to an aromatic ring is 1. The number of nitrogens with one attached hydrogen (secondary N) is 1. The van der Waals surface area contributed by atoms with E-state index in [2.05, 4.69) is 27.9 Å². The van der Waals surface area contributed by atoms with Gasteiger partial charge in [-0.3, -0.25) is 4.79 Å². The third-order valence-electron chi connectivity index (χ3n) is 2.38. The van der Waals surface area contributed by atoms with Crippen LogP contribution in [0.1, 0.15) is 10.4 Å². The molecule has 0 aliphatic rings. The maximum Gasteiger partial charge on any atom is 0.257 e. The van der Waals surface area contributed by atoms with Gasteiger partial charge in [0.1, 0.15) is 0 Å². The van der Waals surface area contributed by atoms with Crippen molar-refractivity contribution in [2.45, 2.75) is 0 Å². The number of benzene rings is 2. The molecule has 0 fully saturated rings. The second kappa shape index (κ2) is 5.58. The van der Waals surface area contributed by atoms with E-state index in [1.165, 1.54) is 0 Å². The summed E-state index contributed by atoms with van der Waals surface area (Å²) < 4.78 is 0.969. The molecule has 1 amide bonds. The SMILES string of the molecule is Nc1cc(Cl)ccc1C(=O)Nc1ccccc1I. The molecule has 0 saturated carbocycles. The molecule has 0 aliphatic heterocycles. The van der Waals surface area contributed by atoms with Crippen LogP contribution in [0.5, 0.6) is 0 Å². The quantitative estimate of drug-likeness (QED) is 0.623. The van der Waals surface area contributed by atoms with E-state index < -0.39 is 0 Å². The van der Waals surface area contributed by atoms with Crippen LogP contribution in [0, 0.1) is 3.57 Å². The van der Waals surface area contributed by atoms with Crippen LogP contribution in [0.15, 0.2) is 42.5 Å². The van der Waals surface area contributed by atoms with Gasteiger partial charge >= 0.3 is 0 Å². The minimum Gasteiger partial charge on any atom is -0.398 e. The van der Waals surface area contributed by atoms with Gasteiger partial charge < -0.3 is 11.1 Å². The Bertz CT molecular complexity index is 601. The van der Waals surface area contributed by atoms with Crippen LogP contribution in [-0.2, 0) is 0 Å². The number of nitrogens with two attached hydrogens (primary N) is 1. The van der Waals surface area contributed by atoms with Crippen LogP contribution < -0.4 is 11.1 Å². The highest BCUT2D eigenvalue weighted by atomic mass is 127. The van der Waals surface area contributed by atoms with Crippen molar-refractivity contribution in [2.75, 3.05) is 11.1 Å². The van der Waals surface area contributed by atoms with Crippen molar-refractivity contribution in [3.63, 3.8) is 0 Å². The summed E-state index contributed by atoms with van der Waals surface area (Å²) in [5.74, 6) is -0.242. The van der Waals surface area contributed by atoms with Gasteiger partial charge in [0.15, 0.2) is 0 Å². The Labute approximate surface area is 123 Å². The summed E-state index contributed by atoms with van der Waals surface area (Å²) in [5, 5.41) is 3.33. The molecule has 18 heavy (non-hydrogen) atoms. The Hall–Kier alpha value is -1.27. The Balaban J connectivity index is 2.25. The smallest absolute Gasteiger partial charge is 0.257 e. The van der Waals surface area contributed by atoms with Crippen molar-refractivity contribution in [3.05, 3.63) is 56.6 Å². The summed E-state index contributed by atoms with van der Waals surface area (Å²) in [7, 11) is 0. The number of halogens is 2. The lowest BCUT2D eigenvalue weighted by molar-refractivity contribution is 0.102. The average Bonchev–Trinajstić information content (AvgIpc) is 2.32. The number of anilines is 2. The molecule has 0 aromatic heterocycles. The zero-order valence-corrected chi connectivity index (χ0v) is 12.2. The van der Waals surface area contributed by atoms with Crippen LogP contribution in [0.25, 0.3) is 0 Å². The zero-order valence-electron chi connectivity index (χ0n) is 9.28. The van der Waals surface area contributed by atoms with E-state index >= 15 is 0 Å². The molecule has 5 heteroatoms. The van der Waals surface area contributed by atoms with Crippen LogP contribution in [0.4, 0.5) is 11.4 Å². The number of hydrogen-bond acceptors (Lipinski definition) is 2. The first-order chi connectivity index (χ1) is 8.58. The minimum atomic E-state index is -0.242. The summed E-state index contributed by atoms with van der Waals surface area (Å²) >= 11 is 7.95. The fourth-order valence-corrected chi connectivity index (χ4v) is 2.20. The summed E-state index contributed by atoms with van der Waals surface area (Å²) in [4.78, 5) is 12.1. The third kappa shape index (κ3) is 2.94. The Morgan fingerprint density at radius 3 is 2.61 bits per heavy atom. The van der Waals surface area contributed by atoms with E-state index in [1.807, 2.05) is 24.3 Å². The minimum absolute atomic E-state index is 0.242. The molecular weight excluding hydrogens is 363 g/mol. The average molecular weight is 373 g/mol. The molecule has 2 rings (SSSR count). The maximum absolute atomic E-state index is 12.1. The van der Waals surface area contributed by atoms with Gasteiger partial charge in [0, 0.05) is 14.3 Å². The molecule has 0 unspecified atom stereocenters. The van der Waals surface area contributed by atoms with Crippen LogP contribution >= 0.6 is 34.2 Å². The Morgan fingerprint density at radius 1 is 1.22 bits per heavy atom. The monoisotopic (exact) mass is 372 g/mol. The van der Waals surface area contributed by atoms with Crippen molar-refractivity contribution in [1.29, 1.82) is 0 Å². The molecule has 0 aliphatic carbocycles. The molecule has 92 valence electrons. The number of carbonyl (C=O) groups excluding carboxylic acids is 1. The molecule has 0 radical (unpaired) electrons. The summed E-state index contributed by atoms with van der Waals surface area (Å²) in [6.07, 6.45) is 0. The first kappa shape index (κ1) is 13.2. The molecule has 2 aromatic rings. The van der Waals surface area contributed by atoms with Gasteiger partial charge in [-0.15, -0.1) is 0 Å². The molecule has 0 spiro atoms. The second-order valence-electron chi connectivity index (χ2n) is 3.67. The topological polar surface area (TPSA) is 55.1 Å².